The van der Waals surface area contributed by atoms with Crippen molar-refractivity contribution in [3.05, 3.63) is 44.7 Å². The second kappa shape index (κ2) is 11.4. The highest BCUT2D eigenvalue weighted by Gasteiger charge is 2.42. The fourth-order valence-corrected chi connectivity index (χ4v) is 7.62. The summed E-state index contributed by atoms with van der Waals surface area (Å²) < 4.78 is 25.7. The van der Waals surface area contributed by atoms with Gasteiger partial charge in [-0.05, 0) is 37.5 Å². The van der Waals surface area contributed by atoms with Crippen molar-refractivity contribution in [1.82, 2.24) is 14.3 Å². The first-order valence-electron chi connectivity index (χ1n) is 12.4. The van der Waals surface area contributed by atoms with Crippen LogP contribution in [-0.4, -0.2) is 57.0 Å². The topological polar surface area (TPSA) is 101 Å². The lowest BCUT2D eigenvalue weighted by molar-refractivity contribution is -0.123. The summed E-state index contributed by atoms with van der Waals surface area (Å²) in [4.78, 5) is 33.1. The molecule has 0 aliphatic carbocycles. The molecule has 36 heavy (non-hydrogen) atoms. The van der Waals surface area contributed by atoms with Crippen LogP contribution in [0.15, 0.2) is 28.0 Å². The minimum atomic E-state index is -3.17. The zero-order valence-corrected chi connectivity index (χ0v) is 23.1. The number of carbonyl (C=O) groups is 1. The minimum Gasteiger partial charge on any atom is -0.369 e. The van der Waals surface area contributed by atoms with Crippen LogP contribution in [0.4, 0.5) is 5.82 Å². The third-order valence-corrected chi connectivity index (χ3v) is 9.58. The van der Waals surface area contributed by atoms with Gasteiger partial charge in [0.15, 0.2) is 9.84 Å². The van der Waals surface area contributed by atoms with Gasteiger partial charge in [0.25, 0.3) is 11.5 Å². The van der Waals surface area contributed by atoms with Gasteiger partial charge in [0.2, 0.25) is 0 Å². The third kappa shape index (κ3) is 6.00. The first-order chi connectivity index (χ1) is 17.2. The van der Waals surface area contributed by atoms with E-state index in [1.165, 1.54) is 35.0 Å². The molecule has 8 nitrogen and oxygen atoms in total. The summed E-state index contributed by atoms with van der Waals surface area (Å²) in [6.45, 7) is 4.76. The number of nitrogens with one attached hydrogen (secondary N) is 1. The Morgan fingerprint density at radius 1 is 1.19 bits per heavy atom. The second-order valence-corrected chi connectivity index (χ2v) is 13.3. The van der Waals surface area contributed by atoms with Crippen LogP contribution in [0.1, 0.15) is 63.0 Å². The van der Waals surface area contributed by atoms with Gasteiger partial charge in [0.05, 0.1) is 28.0 Å². The van der Waals surface area contributed by atoms with E-state index >= 15 is 0 Å². The highest BCUT2D eigenvalue weighted by atomic mass is 32.2. The summed E-state index contributed by atoms with van der Waals surface area (Å²) in [7, 11) is -3.17. The smallest absolute Gasteiger partial charge is 0.267 e. The zero-order valence-electron chi connectivity index (χ0n) is 20.7. The summed E-state index contributed by atoms with van der Waals surface area (Å²) >= 11 is 6.53. The van der Waals surface area contributed by atoms with E-state index in [2.05, 4.69) is 17.2 Å². The Kier molecular flexibility index (Phi) is 8.52. The number of hydrogen-bond donors (Lipinski definition) is 1. The molecule has 0 spiro atoms. The Morgan fingerprint density at radius 3 is 2.67 bits per heavy atom. The van der Waals surface area contributed by atoms with Crippen LogP contribution in [0.25, 0.3) is 11.7 Å². The monoisotopic (exact) mass is 548 g/mol. The van der Waals surface area contributed by atoms with Gasteiger partial charge in [0.1, 0.15) is 15.8 Å². The van der Waals surface area contributed by atoms with E-state index in [0.717, 1.165) is 30.2 Å². The highest BCUT2D eigenvalue weighted by molar-refractivity contribution is 8.26. The van der Waals surface area contributed by atoms with Crippen molar-refractivity contribution >= 4 is 61.6 Å². The van der Waals surface area contributed by atoms with Crippen LogP contribution in [0.3, 0.4) is 0 Å². The summed E-state index contributed by atoms with van der Waals surface area (Å²) in [6, 6.07) is 3.24. The van der Waals surface area contributed by atoms with Gasteiger partial charge in [-0.15, -0.1) is 0 Å². The van der Waals surface area contributed by atoms with Crippen molar-refractivity contribution in [3.63, 3.8) is 0 Å². The van der Waals surface area contributed by atoms with Crippen molar-refractivity contribution in [2.45, 2.75) is 64.8 Å². The highest BCUT2D eigenvalue weighted by Crippen LogP contribution is 2.36. The molecule has 4 heterocycles. The Balaban J connectivity index is 1.62. The summed E-state index contributed by atoms with van der Waals surface area (Å²) in [5, 5.41) is 3.31. The molecule has 2 aliphatic rings. The van der Waals surface area contributed by atoms with E-state index in [1.807, 2.05) is 13.0 Å². The summed E-state index contributed by atoms with van der Waals surface area (Å²) in [6.07, 6.45) is 10.5. The van der Waals surface area contributed by atoms with E-state index in [0.29, 0.717) is 39.2 Å². The number of anilines is 1. The van der Waals surface area contributed by atoms with E-state index in [9.17, 15) is 18.0 Å². The summed E-state index contributed by atoms with van der Waals surface area (Å²) in [5.74, 6) is 0.0427. The molecule has 2 aromatic heterocycles. The van der Waals surface area contributed by atoms with Gasteiger partial charge in [-0.3, -0.25) is 18.9 Å². The van der Waals surface area contributed by atoms with Crippen molar-refractivity contribution in [3.8, 4) is 0 Å². The number of unbranched alkanes of at least 4 members (excludes halogenated alkanes) is 5. The number of aryl methyl sites for hydroxylation is 1. The van der Waals surface area contributed by atoms with Gasteiger partial charge >= 0.3 is 0 Å². The molecule has 1 atom stereocenters. The van der Waals surface area contributed by atoms with Crippen molar-refractivity contribution < 1.29 is 13.2 Å². The maximum atomic E-state index is 13.5. The standard InChI is InChI=1S/C25H32N4O4S3/c1-3-4-5-6-7-8-12-26-22-19(23(30)28-15-17(2)9-10-21(28)27-22)14-20-24(31)29(25(34)35-20)18-11-13-36(32,33)16-18/h9-10,14-15,18,26H,3-8,11-13,16H2,1-2H3. The fraction of sp³-hybridized carbons (Fsp3) is 0.520. The normalized spacial score (nSPS) is 20.7. The molecule has 1 N–H and O–H groups in total. The number of thiocarbonyl (C=S) groups is 1. The molecule has 1 unspecified atom stereocenters. The number of hydrogen-bond acceptors (Lipinski definition) is 8. The van der Waals surface area contributed by atoms with Crippen LogP contribution in [-0.2, 0) is 14.6 Å². The number of nitrogens with zero attached hydrogens (tertiary/aromatic N) is 3. The number of sulfone groups is 1. The largest absolute Gasteiger partial charge is 0.369 e. The fourth-order valence-electron chi connectivity index (χ4n) is 4.54. The lowest BCUT2D eigenvalue weighted by atomic mass is 10.1. The lowest BCUT2D eigenvalue weighted by Gasteiger charge is -2.20. The first-order valence-corrected chi connectivity index (χ1v) is 15.5. The predicted octanol–water partition coefficient (Wildman–Crippen LogP) is 4.16. The number of pyridine rings is 1. The molecule has 1 amide bonds. The molecule has 0 saturated carbocycles. The van der Waals surface area contributed by atoms with Crippen molar-refractivity contribution in [2.24, 2.45) is 0 Å². The molecular formula is C25H32N4O4S3. The van der Waals surface area contributed by atoms with Crippen LogP contribution < -0.4 is 10.9 Å². The number of rotatable bonds is 10. The molecule has 0 radical (unpaired) electrons. The third-order valence-electron chi connectivity index (χ3n) is 6.50. The van der Waals surface area contributed by atoms with Crippen molar-refractivity contribution in [2.75, 3.05) is 23.4 Å². The molecule has 2 aromatic rings. The molecule has 11 heteroatoms. The van der Waals surface area contributed by atoms with Gasteiger partial charge < -0.3 is 5.32 Å². The Morgan fingerprint density at radius 2 is 1.94 bits per heavy atom. The SMILES string of the molecule is CCCCCCCCNc1nc2ccc(C)cn2c(=O)c1C=C1SC(=S)N(C2CCS(=O)(=O)C2)C1=O. The molecule has 2 saturated heterocycles. The summed E-state index contributed by atoms with van der Waals surface area (Å²) in [5.41, 5.74) is 1.46. The van der Waals surface area contributed by atoms with Crippen LogP contribution in [0.2, 0.25) is 0 Å². The Hall–Kier alpha value is -2.24. The van der Waals surface area contributed by atoms with Crippen molar-refractivity contribution in [1.29, 1.82) is 0 Å². The Labute approximate surface area is 221 Å². The van der Waals surface area contributed by atoms with Gasteiger partial charge in [-0.25, -0.2) is 13.4 Å². The molecule has 0 aromatic carbocycles. The van der Waals surface area contributed by atoms with Gasteiger partial charge in [-0.1, -0.05) is 69.1 Å². The quantitative estimate of drug-likeness (QED) is 0.268. The van der Waals surface area contributed by atoms with Crippen LogP contribution in [0, 0.1) is 6.92 Å². The molecular weight excluding hydrogens is 517 g/mol. The van der Waals surface area contributed by atoms with Gasteiger partial charge in [0, 0.05) is 12.7 Å². The number of fused-ring (bicyclic) bond motifs is 1. The predicted molar refractivity (Wildman–Crippen MR) is 150 cm³/mol. The molecule has 194 valence electrons. The number of thioether (sulfide) groups is 1. The minimum absolute atomic E-state index is 0.0512. The molecule has 4 rings (SSSR count). The van der Waals surface area contributed by atoms with E-state index in [1.54, 1.807) is 18.3 Å². The maximum absolute atomic E-state index is 13.5. The second-order valence-electron chi connectivity index (χ2n) is 9.42. The maximum Gasteiger partial charge on any atom is 0.267 e. The van der Waals surface area contributed by atoms with E-state index in [-0.39, 0.29) is 23.0 Å². The zero-order chi connectivity index (χ0) is 25.9. The molecule has 2 aliphatic heterocycles. The van der Waals surface area contributed by atoms with E-state index < -0.39 is 15.9 Å². The average molecular weight is 549 g/mol. The van der Waals surface area contributed by atoms with Crippen LogP contribution >= 0.6 is 24.0 Å². The molecule has 2 fully saturated rings. The average Bonchev–Trinajstić information content (AvgIpc) is 3.32. The number of aromatic nitrogens is 2. The van der Waals surface area contributed by atoms with Crippen LogP contribution in [0.5, 0.6) is 0 Å². The van der Waals surface area contributed by atoms with E-state index in [4.69, 9.17) is 12.2 Å². The Bertz CT molecular complexity index is 1370. The first kappa shape index (κ1) is 26.8. The molecule has 0 bridgehead atoms. The number of amides is 1. The lowest BCUT2D eigenvalue weighted by Crippen LogP contribution is -2.39. The number of carbonyl (C=O) groups excluding carboxylic acids is 1. The van der Waals surface area contributed by atoms with Gasteiger partial charge in [-0.2, -0.15) is 0 Å².